The monoisotopic (exact) mass is 375 g/mol. The second-order valence-corrected chi connectivity index (χ2v) is 6.40. The molecular formula is C18H19F2N5O2. The van der Waals surface area contributed by atoms with Crippen molar-refractivity contribution in [1.29, 1.82) is 5.26 Å². The van der Waals surface area contributed by atoms with Gasteiger partial charge in [0.05, 0.1) is 12.1 Å². The molecule has 142 valence electrons. The van der Waals surface area contributed by atoms with Gasteiger partial charge in [-0.3, -0.25) is 5.32 Å². The lowest BCUT2D eigenvalue weighted by Gasteiger charge is -2.21. The number of anilines is 1. The standard InChI is InChI=1S/C18H19F2N5O2/c19-18(20)12-3-1-11(2-4-12)7-17(27)22-14-9-25(10-15(14)26)16-6-5-13(8-21)23-24-16/h1-6,14-15,17-18,22,26-27H,7,9-10H2/t14-,15+,17?/m0/s1. The minimum absolute atomic E-state index is 0.0634. The lowest BCUT2D eigenvalue weighted by Crippen LogP contribution is -2.46. The van der Waals surface area contributed by atoms with Crippen molar-refractivity contribution in [3.8, 4) is 6.07 Å². The van der Waals surface area contributed by atoms with E-state index in [1.165, 1.54) is 12.1 Å². The highest BCUT2D eigenvalue weighted by Gasteiger charge is 2.33. The van der Waals surface area contributed by atoms with Crippen LogP contribution in [0.15, 0.2) is 36.4 Å². The van der Waals surface area contributed by atoms with Crippen LogP contribution in [0.1, 0.15) is 23.2 Å². The molecule has 9 heteroatoms. The van der Waals surface area contributed by atoms with Gasteiger partial charge >= 0.3 is 0 Å². The molecule has 1 unspecified atom stereocenters. The highest BCUT2D eigenvalue weighted by molar-refractivity contribution is 5.41. The SMILES string of the molecule is N#Cc1ccc(N2C[C@@H](O)[C@@H](NC(O)Cc3ccc(C(F)F)cc3)C2)nn1. The predicted octanol–water partition coefficient (Wildman–Crippen LogP) is 0.986. The zero-order valence-corrected chi connectivity index (χ0v) is 14.3. The average molecular weight is 375 g/mol. The van der Waals surface area contributed by atoms with E-state index in [9.17, 15) is 19.0 Å². The van der Waals surface area contributed by atoms with E-state index in [-0.39, 0.29) is 17.7 Å². The van der Waals surface area contributed by atoms with Crippen molar-refractivity contribution in [3.63, 3.8) is 0 Å². The first-order valence-corrected chi connectivity index (χ1v) is 8.44. The van der Waals surface area contributed by atoms with Crippen LogP contribution >= 0.6 is 0 Å². The molecule has 7 nitrogen and oxygen atoms in total. The van der Waals surface area contributed by atoms with Crippen molar-refractivity contribution >= 4 is 5.82 Å². The maximum Gasteiger partial charge on any atom is 0.263 e. The fourth-order valence-electron chi connectivity index (χ4n) is 3.02. The summed E-state index contributed by atoms with van der Waals surface area (Å²) >= 11 is 0. The first-order chi connectivity index (χ1) is 13.0. The highest BCUT2D eigenvalue weighted by atomic mass is 19.3. The Morgan fingerprint density at radius 2 is 1.93 bits per heavy atom. The van der Waals surface area contributed by atoms with Gasteiger partial charge in [-0.1, -0.05) is 24.3 Å². The fraction of sp³-hybridized carbons (Fsp3) is 0.389. The number of aliphatic hydroxyl groups is 2. The van der Waals surface area contributed by atoms with Gasteiger partial charge in [-0.2, -0.15) is 5.26 Å². The summed E-state index contributed by atoms with van der Waals surface area (Å²) in [5.74, 6) is 0.537. The number of hydrogen-bond donors (Lipinski definition) is 3. The molecule has 0 radical (unpaired) electrons. The summed E-state index contributed by atoms with van der Waals surface area (Å²) in [6, 6.07) is 10.5. The van der Waals surface area contributed by atoms with Crippen molar-refractivity contribution in [2.75, 3.05) is 18.0 Å². The van der Waals surface area contributed by atoms with E-state index >= 15 is 0 Å². The molecule has 2 heterocycles. The van der Waals surface area contributed by atoms with Gasteiger partial charge in [0.25, 0.3) is 6.43 Å². The molecule has 1 fully saturated rings. The van der Waals surface area contributed by atoms with Crippen molar-refractivity contribution in [3.05, 3.63) is 53.2 Å². The van der Waals surface area contributed by atoms with Crippen LogP contribution in [-0.2, 0) is 6.42 Å². The third kappa shape index (κ3) is 4.74. The molecule has 2 aromatic rings. The highest BCUT2D eigenvalue weighted by Crippen LogP contribution is 2.20. The number of β-amino-alcohol motifs (C(OH)–C–C–N with tert-alkyl or cyclic N) is 1. The minimum atomic E-state index is -2.52. The molecule has 0 spiro atoms. The van der Waals surface area contributed by atoms with E-state index in [1.807, 2.05) is 6.07 Å². The van der Waals surface area contributed by atoms with Crippen LogP contribution in [0.25, 0.3) is 0 Å². The molecule has 1 aliphatic heterocycles. The van der Waals surface area contributed by atoms with Crippen LogP contribution in [-0.4, -0.2) is 51.9 Å². The number of nitriles is 1. The number of aromatic nitrogens is 2. The Kier molecular flexibility index (Phi) is 5.91. The van der Waals surface area contributed by atoms with Crippen molar-refractivity contribution in [1.82, 2.24) is 15.5 Å². The summed E-state index contributed by atoms with van der Waals surface area (Å²) in [5.41, 5.74) is 0.856. The van der Waals surface area contributed by atoms with Crippen LogP contribution in [0.2, 0.25) is 0 Å². The molecule has 1 aliphatic rings. The zero-order valence-electron chi connectivity index (χ0n) is 14.3. The van der Waals surface area contributed by atoms with E-state index < -0.39 is 24.8 Å². The molecule has 3 atom stereocenters. The van der Waals surface area contributed by atoms with Crippen molar-refractivity contribution < 1.29 is 19.0 Å². The van der Waals surface area contributed by atoms with E-state index in [0.29, 0.717) is 24.5 Å². The van der Waals surface area contributed by atoms with Crippen molar-refractivity contribution in [2.45, 2.75) is 31.2 Å². The topological polar surface area (TPSA) is 105 Å². The number of halogens is 2. The Labute approximate surface area is 154 Å². The summed E-state index contributed by atoms with van der Waals surface area (Å²) in [6.45, 7) is 0.719. The Bertz CT molecular complexity index is 795. The van der Waals surface area contributed by atoms with Crippen LogP contribution < -0.4 is 10.2 Å². The molecule has 1 aromatic heterocycles. The van der Waals surface area contributed by atoms with Gasteiger partial charge in [0.1, 0.15) is 12.3 Å². The Hall–Kier alpha value is -2.67. The lowest BCUT2D eigenvalue weighted by molar-refractivity contribution is 0.0862. The molecule has 3 rings (SSSR count). The average Bonchev–Trinajstić information content (AvgIpc) is 3.02. The second-order valence-electron chi connectivity index (χ2n) is 6.40. The van der Waals surface area contributed by atoms with Gasteiger partial charge in [0.2, 0.25) is 0 Å². The van der Waals surface area contributed by atoms with Gasteiger partial charge in [-0.15, -0.1) is 10.2 Å². The van der Waals surface area contributed by atoms with Crippen LogP contribution in [0.4, 0.5) is 14.6 Å². The largest absolute Gasteiger partial charge is 0.390 e. The second kappa shape index (κ2) is 8.35. The predicted molar refractivity (Wildman–Crippen MR) is 93.0 cm³/mol. The van der Waals surface area contributed by atoms with Crippen LogP contribution in [0.5, 0.6) is 0 Å². The summed E-state index contributed by atoms with van der Waals surface area (Å²) in [4.78, 5) is 1.81. The maximum atomic E-state index is 12.6. The third-order valence-corrected chi connectivity index (χ3v) is 4.45. The van der Waals surface area contributed by atoms with Crippen molar-refractivity contribution in [2.24, 2.45) is 0 Å². The maximum absolute atomic E-state index is 12.6. The summed E-state index contributed by atoms with van der Waals surface area (Å²) in [7, 11) is 0. The van der Waals surface area contributed by atoms with Gasteiger partial charge in [0.15, 0.2) is 11.5 Å². The van der Waals surface area contributed by atoms with Gasteiger partial charge in [-0.25, -0.2) is 8.78 Å². The Morgan fingerprint density at radius 3 is 2.52 bits per heavy atom. The Balaban J connectivity index is 1.56. The molecule has 3 N–H and O–H groups in total. The number of nitrogens with one attached hydrogen (secondary N) is 1. The number of aliphatic hydroxyl groups excluding tert-OH is 2. The van der Waals surface area contributed by atoms with E-state index in [2.05, 4.69) is 15.5 Å². The fourth-order valence-corrected chi connectivity index (χ4v) is 3.02. The van der Waals surface area contributed by atoms with Crippen LogP contribution in [0, 0.1) is 11.3 Å². The van der Waals surface area contributed by atoms with E-state index in [4.69, 9.17) is 5.26 Å². The molecule has 0 saturated carbocycles. The zero-order chi connectivity index (χ0) is 19.4. The quantitative estimate of drug-likeness (QED) is 0.647. The number of nitrogens with zero attached hydrogens (tertiary/aromatic N) is 4. The molecule has 1 saturated heterocycles. The summed E-state index contributed by atoms with van der Waals surface area (Å²) in [6.07, 6.45) is -3.96. The first-order valence-electron chi connectivity index (χ1n) is 8.44. The normalized spacial score (nSPS) is 20.7. The third-order valence-electron chi connectivity index (χ3n) is 4.45. The first kappa shape index (κ1) is 19.1. The molecule has 27 heavy (non-hydrogen) atoms. The number of benzene rings is 1. The van der Waals surface area contributed by atoms with Gasteiger partial charge < -0.3 is 15.1 Å². The molecular weight excluding hydrogens is 356 g/mol. The van der Waals surface area contributed by atoms with Gasteiger partial charge in [-0.05, 0) is 17.7 Å². The van der Waals surface area contributed by atoms with E-state index in [0.717, 1.165) is 0 Å². The Morgan fingerprint density at radius 1 is 1.19 bits per heavy atom. The van der Waals surface area contributed by atoms with E-state index in [1.54, 1.807) is 29.2 Å². The minimum Gasteiger partial charge on any atom is -0.390 e. The number of rotatable bonds is 6. The molecule has 0 aliphatic carbocycles. The molecule has 0 amide bonds. The smallest absolute Gasteiger partial charge is 0.263 e. The molecule has 0 bridgehead atoms. The lowest BCUT2D eigenvalue weighted by atomic mass is 10.1. The number of alkyl halides is 2. The summed E-state index contributed by atoms with van der Waals surface area (Å²) in [5, 5.41) is 39.9. The van der Waals surface area contributed by atoms with Crippen LogP contribution in [0.3, 0.4) is 0 Å². The number of hydrogen-bond acceptors (Lipinski definition) is 7. The van der Waals surface area contributed by atoms with Gasteiger partial charge in [0, 0.05) is 25.1 Å². The summed E-state index contributed by atoms with van der Waals surface area (Å²) < 4.78 is 25.1. The molecule has 1 aromatic carbocycles.